The quantitative estimate of drug-likeness (QED) is 0.535. The van der Waals surface area contributed by atoms with E-state index in [-0.39, 0.29) is 6.42 Å². The van der Waals surface area contributed by atoms with Crippen molar-refractivity contribution in [3.63, 3.8) is 0 Å². The zero-order valence-corrected chi connectivity index (χ0v) is 9.75. The highest BCUT2D eigenvalue weighted by Crippen LogP contribution is 2.09. The van der Waals surface area contributed by atoms with Crippen LogP contribution in [0.15, 0.2) is 30.3 Å². The van der Waals surface area contributed by atoms with E-state index >= 15 is 0 Å². The first kappa shape index (κ1) is 14.6. The number of aliphatic hydroxyl groups excluding tert-OH is 1. The Balaban J connectivity index is 2.62. The maximum atomic E-state index is 10.3. The van der Waals surface area contributed by atoms with Crippen LogP contribution in [0.25, 0.3) is 0 Å². The first-order chi connectivity index (χ1) is 8.99. The van der Waals surface area contributed by atoms with Crippen LogP contribution in [0.1, 0.15) is 5.56 Å². The molecule has 0 aromatic heterocycles. The topological polar surface area (TPSA) is 125 Å². The van der Waals surface area contributed by atoms with Gasteiger partial charge >= 0.3 is 0 Å². The van der Waals surface area contributed by atoms with Gasteiger partial charge in [0, 0.05) is 6.42 Å². The molecule has 0 fully saturated rings. The van der Waals surface area contributed by atoms with Crippen molar-refractivity contribution in [2.45, 2.75) is 18.6 Å². The maximum absolute atomic E-state index is 10.3. The van der Waals surface area contributed by atoms with Crippen LogP contribution in [0.2, 0.25) is 0 Å². The van der Waals surface area contributed by atoms with Crippen LogP contribution in [0.4, 0.5) is 0 Å². The van der Waals surface area contributed by atoms with Crippen LogP contribution >= 0.6 is 0 Å². The van der Waals surface area contributed by atoms with E-state index in [1.54, 1.807) is 30.3 Å². The molecule has 2 atom stereocenters. The van der Waals surface area contributed by atoms with Crippen molar-refractivity contribution in [2.75, 3.05) is 6.61 Å². The molecular weight excluding hydrogens is 260 g/mol. The zero-order valence-electron chi connectivity index (χ0n) is 9.75. The summed E-state index contributed by atoms with van der Waals surface area (Å²) in [5.74, 6) is 0. The molecule has 0 bridgehead atoms. The average molecular weight is 272 g/mol. The van der Waals surface area contributed by atoms with Gasteiger partial charge in [-0.15, -0.1) is 20.2 Å². The van der Waals surface area contributed by atoms with E-state index in [4.69, 9.17) is 0 Å². The molecule has 0 radical (unpaired) electrons. The van der Waals surface area contributed by atoms with E-state index in [9.17, 15) is 25.3 Å². The molecule has 0 saturated heterocycles. The van der Waals surface area contributed by atoms with Gasteiger partial charge in [-0.1, -0.05) is 30.3 Å². The molecule has 1 aromatic rings. The van der Waals surface area contributed by atoms with Crippen molar-refractivity contribution in [1.82, 2.24) is 0 Å². The number of benzene rings is 1. The Labute approximate surface area is 107 Å². The Morgan fingerprint density at radius 1 is 1.16 bits per heavy atom. The Morgan fingerprint density at radius 3 is 2.32 bits per heavy atom. The fraction of sp³-hybridized carbons (Fsp3) is 0.400. The van der Waals surface area contributed by atoms with Crippen molar-refractivity contribution >= 4 is 0 Å². The highest BCUT2D eigenvalue weighted by atomic mass is 17.0. The molecule has 0 saturated carbocycles. The molecule has 19 heavy (non-hydrogen) atoms. The van der Waals surface area contributed by atoms with Crippen LogP contribution in [-0.2, 0) is 16.1 Å². The normalized spacial score (nSPS) is 13.3. The van der Waals surface area contributed by atoms with Crippen LogP contribution in [0, 0.1) is 20.2 Å². The molecule has 0 aliphatic rings. The molecule has 0 aliphatic heterocycles. The Hall–Kier alpha value is -2.42. The third-order valence-corrected chi connectivity index (χ3v) is 2.28. The third-order valence-electron chi connectivity index (χ3n) is 2.28. The summed E-state index contributed by atoms with van der Waals surface area (Å²) in [5.41, 5.74) is 0.716. The highest BCUT2D eigenvalue weighted by molar-refractivity contribution is 5.15. The molecule has 104 valence electrons. The van der Waals surface area contributed by atoms with E-state index in [1.165, 1.54) is 0 Å². The largest absolute Gasteiger partial charge is 0.390 e. The monoisotopic (exact) mass is 272 g/mol. The van der Waals surface area contributed by atoms with E-state index in [0.717, 1.165) is 0 Å². The number of hydrogen-bond donors (Lipinski definition) is 1. The second-order valence-electron chi connectivity index (χ2n) is 3.64. The lowest BCUT2D eigenvalue weighted by atomic mass is 10.0. The van der Waals surface area contributed by atoms with Crippen molar-refractivity contribution < 1.29 is 25.0 Å². The number of aliphatic hydroxyl groups is 1. The second kappa shape index (κ2) is 7.11. The van der Waals surface area contributed by atoms with Crippen LogP contribution in [-0.4, -0.2) is 34.1 Å². The molecule has 0 spiro atoms. The van der Waals surface area contributed by atoms with E-state index < -0.39 is 29.0 Å². The fourth-order valence-corrected chi connectivity index (χ4v) is 1.44. The molecule has 9 nitrogen and oxygen atoms in total. The zero-order chi connectivity index (χ0) is 14.3. The standard InChI is InChI=1S/C10H12N2O7/c13-9(6-8-4-2-1-3-5-8)10(19-12(16)17)7-18-11(14)15/h1-5,9-10,13H,6-7H2/t9-,10+/m1/s1. The van der Waals surface area contributed by atoms with Crippen LogP contribution in [0.5, 0.6) is 0 Å². The van der Waals surface area contributed by atoms with Crippen molar-refractivity contribution in [2.24, 2.45) is 0 Å². The second-order valence-corrected chi connectivity index (χ2v) is 3.64. The maximum Gasteiger partial charge on any atom is 0.294 e. The molecule has 1 rings (SSSR count). The van der Waals surface area contributed by atoms with Gasteiger partial charge < -0.3 is 14.8 Å². The lowest BCUT2D eigenvalue weighted by Crippen LogP contribution is -2.37. The number of rotatable bonds is 8. The SMILES string of the molecule is O=[N+]([O-])OC[C@H](O[N+](=O)[O-])[C@H](O)Cc1ccccc1. The van der Waals surface area contributed by atoms with Gasteiger partial charge in [0.05, 0.1) is 6.10 Å². The van der Waals surface area contributed by atoms with Crippen molar-refractivity contribution in [1.29, 1.82) is 0 Å². The molecule has 0 amide bonds. The summed E-state index contributed by atoms with van der Waals surface area (Å²) >= 11 is 0. The molecule has 1 N–H and O–H groups in total. The fourth-order valence-electron chi connectivity index (χ4n) is 1.44. The van der Waals surface area contributed by atoms with E-state index in [2.05, 4.69) is 9.68 Å². The molecule has 0 heterocycles. The average Bonchev–Trinajstić information content (AvgIpc) is 2.35. The minimum Gasteiger partial charge on any atom is -0.390 e. The van der Waals surface area contributed by atoms with Gasteiger partial charge in [0.15, 0.2) is 6.10 Å². The summed E-state index contributed by atoms with van der Waals surface area (Å²) in [6.07, 6.45) is -2.67. The molecule has 1 aromatic carbocycles. The first-order valence-electron chi connectivity index (χ1n) is 5.29. The van der Waals surface area contributed by atoms with Gasteiger partial charge in [-0.05, 0) is 5.56 Å². The lowest BCUT2D eigenvalue weighted by Gasteiger charge is -2.19. The number of nitrogens with zero attached hydrogens (tertiary/aromatic N) is 2. The van der Waals surface area contributed by atoms with Crippen molar-refractivity contribution in [3.05, 3.63) is 56.1 Å². The summed E-state index contributed by atoms with van der Waals surface area (Å²) in [7, 11) is 0. The smallest absolute Gasteiger partial charge is 0.294 e. The van der Waals surface area contributed by atoms with Gasteiger partial charge in [-0.2, -0.15) is 0 Å². The van der Waals surface area contributed by atoms with Gasteiger partial charge in [-0.25, -0.2) is 0 Å². The Kier molecular flexibility index (Phi) is 5.48. The van der Waals surface area contributed by atoms with Crippen molar-refractivity contribution in [3.8, 4) is 0 Å². The number of hydrogen-bond acceptors (Lipinski definition) is 7. The van der Waals surface area contributed by atoms with Crippen LogP contribution < -0.4 is 0 Å². The summed E-state index contributed by atoms with van der Waals surface area (Å²) in [5, 5.41) is 27.9. The minimum absolute atomic E-state index is 0.0560. The van der Waals surface area contributed by atoms with Gasteiger partial charge in [-0.3, -0.25) is 0 Å². The van der Waals surface area contributed by atoms with Gasteiger partial charge in [0.2, 0.25) is 0 Å². The molecule has 9 heteroatoms. The summed E-state index contributed by atoms with van der Waals surface area (Å²) in [4.78, 5) is 28.5. The highest BCUT2D eigenvalue weighted by Gasteiger charge is 2.25. The summed E-state index contributed by atoms with van der Waals surface area (Å²) in [6.45, 7) is -0.720. The first-order valence-corrected chi connectivity index (χ1v) is 5.29. The Bertz CT molecular complexity index is 425. The van der Waals surface area contributed by atoms with E-state index in [0.29, 0.717) is 5.56 Å². The molecular formula is C10H12N2O7. The summed E-state index contributed by atoms with van der Waals surface area (Å²) < 4.78 is 0. The Morgan fingerprint density at radius 2 is 1.79 bits per heavy atom. The lowest BCUT2D eigenvalue weighted by molar-refractivity contribution is -0.791. The summed E-state index contributed by atoms with van der Waals surface area (Å²) in [6, 6.07) is 8.66. The predicted octanol–water partition coefficient (Wildman–Crippen LogP) is 0.375. The third kappa shape index (κ3) is 5.64. The van der Waals surface area contributed by atoms with E-state index in [1.807, 2.05) is 0 Å². The van der Waals surface area contributed by atoms with Gasteiger partial charge in [0.25, 0.3) is 10.2 Å². The van der Waals surface area contributed by atoms with Crippen LogP contribution in [0.3, 0.4) is 0 Å². The molecule has 0 unspecified atom stereocenters. The molecule has 0 aliphatic carbocycles. The predicted molar refractivity (Wildman–Crippen MR) is 61.0 cm³/mol. The van der Waals surface area contributed by atoms with Gasteiger partial charge in [0.1, 0.15) is 6.61 Å². The minimum atomic E-state index is -1.43.